The smallest absolute Gasteiger partial charge is 0.245 e. The van der Waals surface area contributed by atoms with Crippen LogP contribution in [0.25, 0.3) is 6.08 Å². The zero-order valence-corrected chi connectivity index (χ0v) is 18.3. The average Bonchev–Trinajstić information content (AvgIpc) is 3.07. The Morgan fingerprint density at radius 3 is 2.63 bits per heavy atom. The lowest BCUT2D eigenvalue weighted by Crippen LogP contribution is -2.40. The molecule has 0 bridgehead atoms. The lowest BCUT2D eigenvalue weighted by Gasteiger charge is -2.26. The SMILES string of the molecule is CN1CCc2cc(N3CC[C@H](NS(=O)(=O)/C=C/c4ccc(Cl)cc4)C3=O)ccc2C1. The molecular weight excluding hydrogens is 422 g/mol. The summed E-state index contributed by atoms with van der Waals surface area (Å²) < 4.78 is 27.4. The fraction of sp³-hybridized carbons (Fsp3) is 0.318. The summed E-state index contributed by atoms with van der Waals surface area (Å²) >= 11 is 5.84. The van der Waals surface area contributed by atoms with Crippen LogP contribution in [0.3, 0.4) is 0 Å². The number of hydrogen-bond acceptors (Lipinski definition) is 4. The van der Waals surface area contributed by atoms with Crippen LogP contribution in [0.1, 0.15) is 23.1 Å². The molecule has 0 radical (unpaired) electrons. The van der Waals surface area contributed by atoms with Gasteiger partial charge >= 0.3 is 0 Å². The van der Waals surface area contributed by atoms with Gasteiger partial charge in [-0.05, 0) is 66.9 Å². The first-order valence-corrected chi connectivity index (χ1v) is 11.8. The predicted octanol–water partition coefficient (Wildman–Crippen LogP) is 3.02. The fourth-order valence-electron chi connectivity index (χ4n) is 3.87. The summed E-state index contributed by atoms with van der Waals surface area (Å²) in [7, 11) is -1.65. The van der Waals surface area contributed by atoms with Crippen molar-refractivity contribution in [3.63, 3.8) is 0 Å². The van der Waals surface area contributed by atoms with E-state index in [0.29, 0.717) is 23.6 Å². The molecule has 2 aliphatic heterocycles. The third-order valence-corrected chi connectivity index (χ3v) is 6.89. The number of hydrogen-bond donors (Lipinski definition) is 1. The highest BCUT2D eigenvalue weighted by Gasteiger charge is 2.35. The molecule has 2 aliphatic rings. The monoisotopic (exact) mass is 445 g/mol. The molecule has 1 N–H and O–H groups in total. The highest BCUT2D eigenvalue weighted by Crippen LogP contribution is 2.27. The van der Waals surface area contributed by atoms with Crippen molar-refractivity contribution in [3.8, 4) is 0 Å². The molecule has 30 heavy (non-hydrogen) atoms. The number of benzene rings is 2. The molecule has 2 aromatic carbocycles. The van der Waals surface area contributed by atoms with Gasteiger partial charge in [-0.15, -0.1) is 0 Å². The molecule has 1 fully saturated rings. The van der Waals surface area contributed by atoms with Crippen molar-refractivity contribution in [1.82, 2.24) is 9.62 Å². The van der Waals surface area contributed by atoms with Crippen LogP contribution in [-0.4, -0.2) is 45.4 Å². The number of carbonyl (C=O) groups excluding carboxylic acids is 1. The summed E-state index contributed by atoms with van der Waals surface area (Å²) in [4.78, 5) is 16.8. The van der Waals surface area contributed by atoms with Crippen molar-refractivity contribution < 1.29 is 13.2 Å². The Hall–Kier alpha value is -2.19. The van der Waals surface area contributed by atoms with Crippen LogP contribution in [0, 0.1) is 0 Å². The van der Waals surface area contributed by atoms with Crippen LogP contribution in [-0.2, 0) is 27.8 Å². The number of carbonyl (C=O) groups is 1. The number of anilines is 1. The number of fused-ring (bicyclic) bond motifs is 1. The van der Waals surface area contributed by atoms with Gasteiger partial charge in [0.25, 0.3) is 0 Å². The number of sulfonamides is 1. The van der Waals surface area contributed by atoms with Crippen molar-refractivity contribution in [1.29, 1.82) is 0 Å². The van der Waals surface area contributed by atoms with Gasteiger partial charge in [0.1, 0.15) is 6.04 Å². The van der Waals surface area contributed by atoms with Crippen LogP contribution in [0.4, 0.5) is 5.69 Å². The van der Waals surface area contributed by atoms with E-state index < -0.39 is 16.1 Å². The maximum Gasteiger partial charge on any atom is 0.245 e. The summed E-state index contributed by atoms with van der Waals surface area (Å²) in [5, 5.41) is 1.67. The summed E-state index contributed by atoms with van der Waals surface area (Å²) in [6.07, 6.45) is 2.87. The van der Waals surface area contributed by atoms with Gasteiger partial charge in [-0.3, -0.25) is 4.79 Å². The van der Waals surface area contributed by atoms with Gasteiger partial charge in [0.05, 0.1) is 0 Å². The van der Waals surface area contributed by atoms with Crippen molar-refractivity contribution in [2.45, 2.75) is 25.4 Å². The van der Waals surface area contributed by atoms with Gasteiger partial charge in [0.2, 0.25) is 15.9 Å². The standard InChI is InChI=1S/C22H24ClN3O3S/c1-25-11-8-17-14-20(7-4-18(17)15-25)26-12-9-21(22(26)27)24-30(28,29)13-10-16-2-5-19(23)6-3-16/h2-7,10,13-14,21,24H,8-9,11-12,15H2,1H3/b13-10+/t21-/m0/s1. The van der Waals surface area contributed by atoms with E-state index in [4.69, 9.17) is 11.6 Å². The Balaban J connectivity index is 1.43. The molecule has 0 unspecified atom stereocenters. The molecular formula is C22H24ClN3O3S. The second-order valence-corrected chi connectivity index (χ2v) is 9.82. The predicted molar refractivity (Wildman–Crippen MR) is 120 cm³/mol. The molecule has 2 heterocycles. The Morgan fingerprint density at radius 1 is 1.10 bits per heavy atom. The molecule has 1 atom stereocenters. The molecule has 4 rings (SSSR count). The summed E-state index contributed by atoms with van der Waals surface area (Å²) in [6.45, 7) is 2.39. The van der Waals surface area contributed by atoms with E-state index in [1.807, 2.05) is 6.07 Å². The summed E-state index contributed by atoms with van der Waals surface area (Å²) in [6, 6.07) is 12.2. The van der Waals surface area contributed by atoms with Crippen molar-refractivity contribution in [2.75, 3.05) is 25.0 Å². The molecule has 0 saturated carbocycles. The number of likely N-dealkylation sites (N-methyl/N-ethyl adjacent to an activating group) is 1. The second-order valence-electron chi connectivity index (χ2n) is 7.79. The molecule has 0 spiro atoms. The fourth-order valence-corrected chi connectivity index (χ4v) is 5.03. The molecule has 1 saturated heterocycles. The Bertz CT molecular complexity index is 1080. The zero-order valence-electron chi connectivity index (χ0n) is 16.7. The first-order chi connectivity index (χ1) is 14.3. The first-order valence-electron chi connectivity index (χ1n) is 9.88. The van der Waals surface area contributed by atoms with Crippen LogP contribution < -0.4 is 9.62 Å². The van der Waals surface area contributed by atoms with Gasteiger partial charge in [-0.1, -0.05) is 29.8 Å². The lowest BCUT2D eigenvalue weighted by molar-refractivity contribution is -0.118. The van der Waals surface area contributed by atoms with Crippen molar-refractivity contribution in [3.05, 3.63) is 69.6 Å². The maximum absolute atomic E-state index is 12.9. The van der Waals surface area contributed by atoms with Gasteiger partial charge < -0.3 is 9.80 Å². The van der Waals surface area contributed by atoms with Crippen LogP contribution >= 0.6 is 11.6 Å². The average molecular weight is 446 g/mol. The number of amides is 1. The maximum atomic E-state index is 12.9. The molecule has 8 heteroatoms. The van der Waals surface area contributed by atoms with Gasteiger partial charge in [-0.25, -0.2) is 8.42 Å². The largest absolute Gasteiger partial charge is 0.311 e. The van der Waals surface area contributed by atoms with E-state index in [1.54, 1.807) is 29.2 Å². The molecule has 2 aromatic rings. The van der Waals surface area contributed by atoms with Gasteiger partial charge in [0.15, 0.2) is 0 Å². The van der Waals surface area contributed by atoms with E-state index in [0.717, 1.165) is 30.6 Å². The number of nitrogens with one attached hydrogen (secondary N) is 1. The normalized spacial score (nSPS) is 20.1. The highest BCUT2D eigenvalue weighted by molar-refractivity contribution is 7.92. The second kappa shape index (κ2) is 8.51. The molecule has 6 nitrogen and oxygen atoms in total. The first kappa shape index (κ1) is 21.1. The van der Waals surface area contributed by atoms with E-state index >= 15 is 0 Å². The number of nitrogens with zero attached hydrogens (tertiary/aromatic N) is 2. The van der Waals surface area contributed by atoms with E-state index in [-0.39, 0.29) is 5.91 Å². The van der Waals surface area contributed by atoms with Crippen LogP contribution in [0.2, 0.25) is 5.02 Å². The molecule has 158 valence electrons. The minimum atomic E-state index is -3.75. The van der Waals surface area contributed by atoms with E-state index in [2.05, 4.69) is 28.8 Å². The minimum absolute atomic E-state index is 0.216. The van der Waals surface area contributed by atoms with Gasteiger partial charge in [0, 0.05) is 35.8 Å². The lowest BCUT2D eigenvalue weighted by atomic mass is 9.99. The van der Waals surface area contributed by atoms with Crippen LogP contribution in [0.5, 0.6) is 0 Å². The molecule has 0 aliphatic carbocycles. The van der Waals surface area contributed by atoms with Crippen molar-refractivity contribution in [2.24, 2.45) is 0 Å². The molecule has 0 aromatic heterocycles. The topological polar surface area (TPSA) is 69.7 Å². The molecule has 1 amide bonds. The van der Waals surface area contributed by atoms with Gasteiger partial charge in [-0.2, -0.15) is 4.72 Å². The third-order valence-electron chi connectivity index (χ3n) is 5.53. The zero-order chi connectivity index (χ0) is 21.3. The Kier molecular flexibility index (Phi) is 5.97. The number of rotatable bonds is 5. The summed E-state index contributed by atoms with van der Waals surface area (Å²) in [5.74, 6) is -0.216. The number of halogens is 1. The quantitative estimate of drug-likeness (QED) is 0.768. The van der Waals surface area contributed by atoms with E-state index in [1.165, 1.54) is 17.2 Å². The highest BCUT2D eigenvalue weighted by atomic mass is 35.5. The minimum Gasteiger partial charge on any atom is -0.311 e. The third kappa shape index (κ3) is 4.75. The Morgan fingerprint density at radius 2 is 1.87 bits per heavy atom. The summed E-state index contributed by atoms with van der Waals surface area (Å²) in [5.41, 5.74) is 4.09. The Labute approximate surface area is 182 Å². The van der Waals surface area contributed by atoms with Crippen LogP contribution in [0.15, 0.2) is 47.9 Å². The van der Waals surface area contributed by atoms with Crippen molar-refractivity contribution >= 4 is 39.3 Å². The van der Waals surface area contributed by atoms with E-state index in [9.17, 15) is 13.2 Å².